The third-order valence-electron chi connectivity index (χ3n) is 5.59. The fourth-order valence-corrected chi connectivity index (χ4v) is 3.94. The van der Waals surface area contributed by atoms with Crippen LogP contribution in [0.25, 0.3) is 0 Å². The average molecular weight is 432 g/mol. The first-order valence-electron chi connectivity index (χ1n) is 10.6. The summed E-state index contributed by atoms with van der Waals surface area (Å²) in [5.74, 6) is -0.507. The second-order valence-electron chi connectivity index (χ2n) is 7.83. The van der Waals surface area contributed by atoms with Crippen molar-refractivity contribution in [2.45, 2.75) is 25.3 Å². The Morgan fingerprint density at radius 1 is 1.03 bits per heavy atom. The van der Waals surface area contributed by atoms with Crippen LogP contribution in [-0.2, 0) is 12.8 Å². The van der Waals surface area contributed by atoms with E-state index in [2.05, 4.69) is 16.0 Å². The molecule has 0 fully saturated rings. The van der Waals surface area contributed by atoms with Crippen molar-refractivity contribution in [3.8, 4) is 0 Å². The third-order valence-corrected chi connectivity index (χ3v) is 5.59. The smallest absolute Gasteiger partial charge is 0.315 e. The number of aryl methyl sites for hydroxylation is 1. The van der Waals surface area contributed by atoms with E-state index >= 15 is 0 Å². The lowest BCUT2D eigenvalue weighted by Crippen LogP contribution is -2.38. The number of nitrogens with one attached hydrogen (secondary N) is 3. The van der Waals surface area contributed by atoms with Gasteiger partial charge in [-0.1, -0.05) is 30.3 Å². The molecule has 3 aromatic carbocycles. The number of nitrogens with two attached hydrogens (primary N) is 1. The van der Waals surface area contributed by atoms with Crippen molar-refractivity contribution in [1.82, 2.24) is 10.6 Å². The SMILES string of the molecule is Nc1ccccc1NC(=O)c1ccc2c(c1)CCC2NC(=O)NCCc1cccc(F)c1. The molecule has 0 saturated carbocycles. The number of carbonyl (C=O) groups is 2. The molecule has 4 rings (SSSR count). The highest BCUT2D eigenvalue weighted by molar-refractivity contribution is 6.05. The van der Waals surface area contributed by atoms with Crippen LogP contribution in [0.3, 0.4) is 0 Å². The normalized spacial score (nSPS) is 14.5. The Bertz CT molecular complexity index is 1150. The molecule has 6 nitrogen and oxygen atoms in total. The van der Waals surface area contributed by atoms with E-state index in [0.29, 0.717) is 29.9 Å². The number of halogens is 1. The highest BCUT2D eigenvalue weighted by atomic mass is 19.1. The number of hydrogen-bond acceptors (Lipinski definition) is 3. The number of anilines is 2. The van der Waals surface area contributed by atoms with E-state index in [1.807, 2.05) is 30.3 Å². The summed E-state index contributed by atoms with van der Waals surface area (Å²) < 4.78 is 13.2. The highest BCUT2D eigenvalue weighted by Gasteiger charge is 2.25. The van der Waals surface area contributed by atoms with Gasteiger partial charge in [-0.05, 0) is 72.4 Å². The molecule has 0 heterocycles. The van der Waals surface area contributed by atoms with E-state index in [9.17, 15) is 14.0 Å². The van der Waals surface area contributed by atoms with Crippen LogP contribution in [0.1, 0.15) is 39.5 Å². The van der Waals surface area contributed by atoms with Gasteiger partial charge in [0.25, 0.3) is 5.91 Å². The van der Waals surface area contributed by atoms with Crippen molar-refractivity contribution >= 4 is 23.3 Å². The molecule has 0 saturated heterocycles. The number of amides is 3. The number of fused-ring (bicyclic) bond motifs is 1. The minimum Gasteiger partial charge on any atom is -0.397 e. The molecule has 1 atom stereocenters. The fraction of sp³-hybridized carbons (Fsp3) is 0.200. The van der Waals surface area contributed by atoms with Gasteiger partial charge < -0.3 is 21.7 Å². The number of para-hydroxylation sites is 2. The molecule has 1 aliphatic rings. The number of rotatable bonds is 6. The van der Waals surface area contributed by atoms with E-state index < -0.39 is 0 Å². The molecular formula is C25H25FN4O2. The monoisotopic (exact) mass is 432 g/mol. The molecule has 0 aliphatic heterocycles. The van der Waals surface area contributed by atoms with Gasteiger partial charge >= 0.3 is 6.03 Å². The maximum absolute atomic E-state index is 13.2. The third kappa shape index (κ3) is 5.06. The molecule has 3 amide bonds. The summed E-state index contributed by atoms with van der Waals surface area (Å²) in [7, 11) is 0. The van der Waals surface area contributed by atoms with Crippen molar-refractivity contribution in [2.75, 3.05) is 17.6 Å². The summed E-state index contributed by atoms with van der Waals surface area (Å²) in [6.45, 7) is 0.413. The second-order valence-corrected chi connectivity index (χ2v) is 7.83. The number of urea groups is 1. The molecule has 1 aliphatic carbocycles. The Morgan fingerprint density at radius 3 is 2.69 bits per heavy atom. The van der Waals surface area contributed by atoms with Gasteiger partial charge in [-0.3, -0.25) is 4.79 Å². The van der Waals surface area contributed by atoms with Crippen molar-refractivity contribution in [2.24, 2.45) is 0 Å². The van der Waals surface area contributed by atoms with Gasteiger partial charge in [0, 0.05) is 12.1 Å². The molecule has 0 aromatic heterocycles. The molecule has 1 unspecified atom stereocenters. The van der Waals surface area contributed by atoms with Crippen molar-refractivity contribution in [3.05, 3.63) is 94.8 Å². The Labute approximate surface area is 186 Å². The second kappa shape index (κ2) is 9.51. The lowest BCUT2D eigenvalue weighted by molar-refractivity contribution is 0.102. The molecule has 3 aromatic rings. The Balaban J connectivity index is 1.32. The molecule has 164 valence electrons. The summed E-state index contributed by atoms with van der Waals surface area (Å²) in [6.07, 6.45) is 2.10. The first kappa shape index (κ1) is 21.4. The van der Waals surface area contributed by atoms with Gasteiger partial charge in [-0.15, -0.1) is 0 Å². The molecule has 0 bridgehead atoms. The van der Waals surface area contributed by atoms with Crippen LogP contribution in [0.5, 0.6) is 0 Å². The first-order chi connectivity index (χ1) is 15.5. The van der Waals surface area contributed by atoms with Crippen molar-refractivity contribution in [1.29, 1.82) is 0 Å². The predicted molar refractivity (Wildman–Crippen MR) is 123 cm³/mol. The summed E-state index contributed by atoms with van der Waals surface area (Å²) in [5, 5.41) is 8.64. The van der Waals surface area contributed by atoms with Gasteiger partial charge in [-0.2, -0.15) is 0 Å². The topological polar surface area (TPSA) is 96.2 Å². The van der Waals surface area contributed by atoms with Gasteiger partial charge in [0.15, 0.2) is 0 Å². The summed E-state index contributed by atoms with van der Waals surface area (Å²) in [4.78, 5) is 24.9. The van der Waals surface area contributed by atoms with Crippen LogP contribution in [0, 0.1) is 5.82 Å². The zero-order valence-electron chi connectivity index (χ0n) is 17.5. The molecule has 5 N–H and O–H groups in total. The van der Waals surface area contributed by atoms with Crippen molar-refractivity contribution < 1.29 is 14.0 Å². The van der Waals surface area contributed by atoms with Crippen LogP contribution in [-0.4, -0.2) is 18.5 Å². The lowest BCUT2D eigenvalue weighted by atomic mass is 10.0. The van der Waals surface area contributed by atoms with E-state index in [1.165, 1.54) is 12.1 Å². The Morgan fingerprint density at radius 2 is 1.88 bits per heavy atom. The largest absolute Gasteiger partial charge is 0.397 e. The first-order valence-corrected chi connectivity index (χ1v) is 10.6. The Kier molecular flexibility index (Phi) is 6.35. The highest BCUT2D eigenvalue weighted by Crippen LogP contribution is 2.32. The van der Waals surface area contributed by atoms with Crippen molar-refractivity contribution in [3.63, 3.8) is 0 Å². The number of hydrogen-bond donors (Lipinski definition) is 4. The quantitative estimate of drug-likeness (QED) is 0.440. The molecule has 32 heavy (non-hydrogen) atoms. The molecule has 0 spiro atoms. The van der Waals surface area contributed by atoms with Gasteiger partial charge in [0.2, 0.25) is 0 Å². The van der Waals surface area contributed by atoms with Crippen LogP contribution >= 0.6 is 0 Å². The van der Waals surface area contributed by atoms with E-state index in [-0.39, 0.29) is 23.8 Å². The number of carbonyl (C=O) groups excluding carboxylic acids is 2. The van der Waals surface area contributed by atoms with Gasteiger partial charge in [0.05, 0.1) is 17.4 Å². The minimum atomic E-state index is -0.283. The Hall–Kier alpha value is -3.87. The average Bonchev–Trinajstić information content (AvgIpc) is 3.17. The zero-order valence-corrected chi connectivity index (χ0v) is 17.5. The summed E-state index contributed by atoms with van der Waals surface area (Å²) in [6, 6.07) is 18.6. The van der Waals surface area contributed by atoms with E-state index in [1.54, 1.807) is 24.3 Å². The lowest BCUT2D eigenvalue weighted by Gasteiger charge is -2.15. The van der Waals surface area contributed by atoms with Crippen LogP contribution in [0.2, 0.25) is 0 Å². The maximum atomic E-state index is 13.2. The summed E-state index contributed by atoms with van der Waals surface area (Å²) in [5.41, 5.74) is 10.4. The molecular weight excluding hydrogens is 407 g/mol. The van der Waals surface area contributed by atoms with Crippen LogP contribution in [0.15, 0.2) is 66.7 Å². The standard InChI is InChI=1S/C25H25FN4O2/c26-19-5-3-4-16(14-19)12-13-28-25(32)30-22-11-9-17-15-18(8-10-20(17)22)24(31)29-23-7-2-1-6-21(23)27/h1-8,10,14-15,22H,9,11-13,27H2,(H,29,31)(H2,28,30,32). The zero-order chi connectivity index (χ0) is 22.5. The van der Waals surface area contributed by atoms with Crippen LogP contribution in [0.4, 0.5) is 20.6 Å². The van der Waals surface area contributed by atoms with Gasteiger partial charge in [-0.25, -0.2) is 9.18 Å². The van der Waals surface area contributed by atoms with Gasteiger partial charge in [0.1, 0.15) is 5.82 Å². The van der Waals surface area contributed by atoms with E-state index in [0.717, 1.165) is 29.5 Å². The van der Waals surface area contributed by atoms with Crippen LogP contribution < -0.4 is 21.7 Å². The fourth-order valence-electron chi connectivity index (χ4n) is 3.94. The predicted octanol–water partition coefficient (Wildman–Crippen LogP) is 4.19. The van der Waals surface area contributed by atoms with E-state index in [4.69, 9.17) is 5.73 Å². The maximum Gasteiger partial charge on any atom is 0.315 e. The molecule has 7 heteroatoms. The number of nitrogen functional groups attached to an aromatic ring is 1. The number of benzene rings is 3. The minimum absolute atomic E-state index is 0.110. The summed E-state index contributed by atoms with van der Waals surface area (Å²) >= 11 is 0. The molecule has 0 radical (unpaired) electrons.